The smallest absolute Gasteiger partial charge is 0.457 e. The highest BCUT2D eigenvalue weighted by molar-refractivity contribution is 7.47. The molecule has 0 spiro atoms. The van der Waals surface area contributed by atoms with Crippen LogP contribution in [0.3, 0.4) is 0 Å². The molecule has 6 atom stereocenters. The third-order valence-electron chi connectivity index (χ3n) is 10.0. The molecule has 0 radical (unpaired) electrons. The molecule has 0 saturated heterocycles. The second-order valence-electron chi connectivity index (χ2n) is 15.2. The number of esters is 1. The minimum atomic E-state index is -5.01. The number of allylic oxidation sites excluding steroid dienone is 6. The van der Waals surface area contributed by atoms with Gasteiger partial charge in [0.1, 0.15) is 42.7 Å². The molecule has 12 nitrogen and oxygen atoms in total. The first-order chi connectivity index (χ1) is 27.0. The number of carbonyl (C=O) groups is 1. The number of hydrogen-bond acceptors (Lipinski definition) is 11. The average molecular weight is 819 g/mol. The van der Waals surface area contributed by atoms with Crippen LogP contribution < -0.4 is 0 Å². The Labute approximate surface area is 338 Å². The summed E-state index contributed by atoms with van der Waals surface area (Å²) in [6.45, 7) is 4.11. The van der Waals surface area contributed by atoms with E-state index in [0.717, 1.165) is 70.6 Å². The van der Waals surface area contributed by atoms with Gasteiger partial charge in [0.2, 0.25) is 0 Å². The van der Waals surface area contributed by atoms with E-state index in [0.29, 0.717) is 13.0 Å². The third-order valence-corrected chi connectivity index (χ3v) is 11.0. The number of carbonyl (C=O) groups excluding carboxylic acids is 1. The van der Waals surface area contributed by atoms with Crippen molar-refractivity contribution in [3.8, 4) is 0 Å². The number of aliphatic hydroxyl groups excluding tert-OH is 5. The van der Waals surface area contributed by atoms with Crippen molar-refractivity contribution in [2.75, 3.05) is 19.8 Å². The van der Waals surface area contributed by atoms with Gasteiger partial charge in [0.15, 0.2) is 0 Å². The molecule has 1 aliphatic rings. The highest BCUT2D eigenvalue weighted by atomic mass is 31.2. The fourth-order valence-corrected chi connectivity index (χ4v) is 7.52. The molecule has 0 aromatic rings. The van der Waals surface area contributed by atoms with E-state index in [2.05, 4.69) is 50.3 Å². The number of rotatable bonds is 36. The maximum atomic E-state index is 12.8. The molecular formula is C43H79O12P. The lowest BCUT2D eigenvalue weighted by atomic mass is 9.85. The van der Waals surface area contributed by atoms with Gasteiger partial charge in [0, 0.05) is 13.0 Å². The largest absolute Gasteiger partial charge is 0.472 e. The number of aliphatic hydroxyl groups is 5. The van der Waals surface area contributed by atoms with Crippen molar-refractivity contribution in [3.05, 3.63) is 36.5 Å². The van der Waals surface area contributed by atoms with Crippen LogP contribution in [0.15, 0.2) is 36.5 Å². The summed E-state index contributed by atoms with van der Waals surface area (Å²) in [6, 6.07) is 0. The molecule has 1 aliphatic carbocycles. The third kappa shape index (κ3) is 26.5. The Morgan fingerprint density at radius 1 is 0.589 bits per heavy atom. The van der Waals surface area contributed by atoms with E-state index in [-0.39, 0.29) is 13.0 Å². The lowest BCUT2D eigenvalue weighted by Gasteiger charge is -2.41. The Kier molecular flexibility index (Phi) is 32.3. The summed E-state index contributed by atoms with van der Waals surface area (Å²) in [7, 11) is -5.01. The lowest BCUT2D eigenvalue weighted by molar-refractivity contribution is -0.220. The standard InChI is InChI=1S/C43H79O12P/c1-3-5-7-9-11-13-15-16-17-18-19-20-21-23-25-27-29-31-33-52-34-36(54-37(44)32-30-28-26-24-22-14-12-10-8-6-4-2)35-53-56(50,51)55-43-41(48)39(46)38(45)40(47)42(43)49/h5,7,11,13,16-17,36,38-43,45-49H,3-4,6,8-10,12,14-15,18-35H2,1-2H3,(H,50,51)/b7-5-,13-11-,17-16-. The first-order valence-corrected chi connectivity index (χ1v) is 23.3. The zero-order chi connectivity index (χ0) is 41.3. The summed E-state index contributed by atoms with van der Waals surface area (Å²) >= 11 is 0. The second-order valence-corrected chi connectivity index (χ2v) is 16.6. The minimum absolute atomic E-state index is 0.0800. The summed E-state index contributed by atoms with van der Waals surface area (Å²) in [4.78, 5) is 23.1. The fourth-order valence-electron chi connectivity index (χ4n) is 6.55. The zero-order valence-corrected chi connectivity index (χ0v) is 35.6. The number of unbranched alkanes of at least 4 members (excludes halogenated alkanes) is 18. The van der Waals surface area contributed by atoms with E-state index >= 15 is 0 Å². The van der Waals surface area contributed by atoms with Gasteiger partial charge >= 0.3 is 13.8 Å². The van der Waals surface area contributed by atoms with Crippen LogP contribution in [-0.2, 0) is 27.9 Å². The van der Waals surface area contributed by atoms with Crippen LogP contribution >= 0.6 is 7.82 Å². The van der Waals surface area contributed by atoms with Crippen LogP contribution in [0.5, 0.6) is 0 Å². The summed E-state index contributed by atoms with van der Waals surface area (Å²) in [5, 5.41) is 50.1. The Bertz CT molecular complexity index is 1070. The number of phosphoric acid groups is 1. The highest BCUT2D eigenvalue weighted by Gasteiger charge is 2.51. The molecule has 0 amide bonds. The van der Waals surface area contributed by atoms with Crippen molar-refractivity contribution in [2.24, 2.45) is 0 Å². The monoisotopic (exact) mass is 819 g/mol. The van der Waals surface area contributed by atoms with Gasteiger partial charge in [-0.15, -0.1) is 0 Å². The van der Waals surface area contributed by atoms with Crippen molar-refractivity contribution >= 4 is 13.8 Å². The van der Waals surface area contributed by atoms with E-state index in [1.54, 1.807) is 0 Å². The van der Waals surface area contributed by atoms with Gasteiger partial charge in [-0.2, -0.15) is 0 Å². The maximum absolute atomic E-state index is 12.8. The zero-order valence-electron chi connectivity index (χ0n) is 34.7. The molecule has 0 bridgehead atoms. The molecule has 13 heteroatoms. The number of ether oxygens (including phenoxy) is 2. The Morgan fingerprint density at radius 3 is 1.61 bits per heavy atom. The van der Waals surface area contributed by atoms with Crippen molar-refractivity contribution in [1.82, 2.24) is 0 Å². The van der Waals surface area contributed by atoms with Crippen molar-refractivity contribution in [2.45, 2.75) is 211 Å². The average Bonchev–Trinajstić information content (AvgIpc) is 3.18. The van der Waals surface area contributed by atoms with Gasteiger partial charge in [-0.05, 0) is 44.9 Å². The van der Waals surface area contributed by atoms with Crippen LogP contribution in [0.4, 0.5) is 0 Å². The number of phosphoric ester groups is 1. The molecule has 1 fully saturated rings. The van der Waals surface area contributed by atoms with E-state index in [9.17, 15) is 39.8 Å². The molecule has 6 unspecified atom stereocenters. The Balaban J connectivity index is 2.40. The van der Waals surface area contributed by atoms with Crippen molar-refractivity contribution in [3.63, 3.8) is 0 Å². The molecule has 1 saturated carbocycles. The summed E-state index contributed by atoms with van der Waals surface area (Å²) in [6.07, 6.45) is 26.5. The van der Waals surface area contributed by atoms with Gasteiger partial charge in [0.25, 0.3) is 0 Å². The summed E-state index contributed by atoms with van der Waals surface area (Å²) < 4.78 is 34.1. The van der Waals surface area contributed by atoms with Gasteiger partial charge in [-0.1, -0.05) is 153 Å². The molecule has 1 rings (SSSR count). The van der Waals surface area contributed by atoms with Gasteiger partial charge in [-0.25, -0.2) is 4.57 Å². The highest BCUT2D eigenvalue weighted by Crippen LogP contribution is 2.47. The predicted octanol–water partition coefficient (Wildman–Crippen LogP) is 8.31. The molecule has 0 heterocycles. The first kappa shape index (κ1) is 52.6. The first-order valence-electron chi connectivity index (χ1n) is 21.8. The molecule has 0 aromatic carbocycles. The molecule has 328 valence electrons. The maximum Gasteiger partial charge on any atom is 0.472 e. The van der Waals surface area contributed by atoms with E-state index in [1.165, 1.54) is 70.6 Å². The van der Waals surface area contributed by atoms with Crippen LogP contribution in [-0.4, -0.2) is 98.9 Å². The van der Waals surface area contributed by atoms with Crippen molar-refractivity contribution < 1.29 is 58.3 Å². The Hall–Kier alpha value is -1.44. The van der Waals surface area contributed by atoms with Crippen LogP contribution in [0.25, 0.3) is 0 Å². The van der Waals surface area contributed by atoms with Gasteiger partial charge in [0.05, 0.1) is 13.2 Å². The van der Waals surface area contributed by atoms with E-state index < -0.39 is 63.1 Å². The normalized spacial score (nSPS) is 23.4. The summed E-state index contributed by atoms with van der Waals surface area (Å²) in [5.41, 5.74) is 0. The molecule has 56 heavy (non-hydrogen) atoms. The quantitative estimate of drug-likeness (QED) is 0.0154. The molecular weight excluding hydrogens is 739 g/mol. The lowest BCUT2D eigenvalue weighted by Crippen LogP contribution is -2.64. The van der Waals surface area contributed by atoms with Crippen LogP contribution in [0, 0.1) is 0 Å². The van der Waals surface area contributed by atoms with E-state index in [1.807, 2.05) is 0 Å². The fraction of sp³-hybridized carbons (Fsp3) is 0.837. The molecule has 6 N–H and O–H groups in total. The second kappa shape index (κ2) is 34.4. The predicted molar refractivity (Wildman–Crippen MR) is 221 cm³/mol. The van der Waals surface area contributed by atoms with Gasteiger partial charge in [-0.3, -0.25) is 13.8 Å². The topological polar surface area (TPSA) is 192 Å². The number of hydrogen-bond donors (Lipinski definition) is 6. The Morgan fingerprint density at radius 2 is 1.05 bits per heavy atom. The van der Waals surface area contributed by atoms with Gasteiger partial charge < -0.3 is 39.9 Å². The molecule has 0 aliphatic heterocycles. The molecule has 0 aromatic heterocycles. The van der Waals surface area contributed by atoms with E-state index in [4.69, 9.17) is 18.5 Å². The minimum Gasteiger partial charge on any atom is -0.457 e. The van der Waals surface area contributed by atoms with Crippen LogP contribution in [0.1, 0.15) is 168 Å². The summed E-state index contributed by atoms with van der Waals surface area (Å²) in [5.74, 6) is -0.482. The van der Waals surface area contributed by atoms with Crippen molar-refractivity contribution in [1.29, 1.82) is 0 Å². The van der Waals surface area contributed by atoms with Crippen LogP contribution in [0.2, 0.25) is 0 Å². The SMILES string of the molecule is CC/C=C\C/C=C\C/C=C\CCCCCCCCCCOCC(COP(=O)(O)OC1C(O)C(O)C(O)C(O)C1O)OC(=O)CCCCCCCCCCCCC.